The summed E-state index contributed by atoms with van der Waals surface area (Å²) >= 11 is 1.90. The van der Waals surface area contributed by atoms with Crippen molar-refractivity contribution in [2.24, 2.45) is 0 Å². The average molecular weight is 773 g/mol. The van der Waals surface area contributed by atoms with Crippen LogP contribution in [0.2, 0.25) is 0 Å². The van der Waals surface area contributed by atoms with E-state index in [1.165, 1.54) is 47.2 Å². The highest BCUT2D eigenvalue weighted by Gasteiger charge is 2.52. The Morgan fingerprint density at radius 3 is 1.53 bits per heavy atom. The first-order valence-corrected chi connectivity index (χ1v) is 22.1. The molecule has 1 spiro atoms. The summed E-state index contributed by atoms with van der Waals surface area (Å²) < 4.78 is 0. The summed E-state index contributed by atoms with van der Waals surface area (Å²) in [6, 6.07) is 71.1. The maximum atomic E-state index is 9.34. The SMILES string of the molecule is N#Cc1ccc(-c2cccc(-c3nc(-c4ccccc4)nc(-c4cccc(-c5cccc6c5-c5ccccc5[Si]65c6ccccc6Sc6ccccc65)c4)n3)c2)cc1. The normalized spacial score (nSPS) is 12.9. The van der Waals surface area contributed by atoms with Crippen molar-refractivity contribution in [2.45, 2.75) is 9.79 Å². The first-order valence-electron chi connectivity index (χ1n) is 19.3. The average Bonchev–Trinajstić information content (AvgIpc) is 3.60. The molecule has 270 valence electrons. The first-order chi connectivity index (χ1) is 28.7. The molecule has 6 heteroatoms. The predicted molar refractivity (Wildman–Crippen MR) is 238 cm³/mol. The second kappa shape index (κ2) is 13.8. The molecule has 0 radical (unpaired) electrons. The molecule has 0 amide bonds. The molecule has 0 atom stereocenters. The van der Waals surface area contributed by atoms with Crippen molar-refractivity contribution >= 4 is 40.6 Å². The van der Waals surface area contributed by atoms with Crippen LogP contribution < -0.4 is 20.7 Å². The predicted octanol–water partition coefficient (Wildman–Crippen LogP) is 9.90. The largest absolute Gasteiger partial charge is 0.208 e. The highest BCUT2D eigenvalue weighted by Crippen LogP contribution is 2.42. The lowest BCUT2D eigenvalue weighted by molar-refractivity contribution is 1.07. The van der Waals surface area contributed by atoms with Crippen LogP contribution in [0.3, 0.4) is 0 Å². The summed E-state index contributed by atoms with van der Waals surface area (Å²) in [7, 11) is -2.64. The van der Waals surface area contributed by atoms with E-state index in [1.807, 2.05) is 78.5 Å². The molecule has 58 heavy (non-hydrogen) atoms. The van der Waals surface area contributed by atoms with Gasteiger partial charge >= 0.3 is 0 Å². The number of nitrogens with zero attached hydrogens (tertiary/aromatic N) is 4. The van der Waals surface area contributed by atoms with Crippen molar-refractivity contribution in [2.75, 3.05) is 0 Å². The molecule has 11 rings (SSSR count). The molecule has 0 saturated carbocycles. The summed E-state index contributed by atoms with van der Waals surface area (Å²) in [6.45, 7) is 0. The quantitative estimate of drug-likeness (QED) is 0.163. The third-order valence-corrected chi connectivity index (χ3v) is 17.9. The van der Waals surface area contributed by atoms with Crippen molar-refractivity contribution in [3.05, 3.63) is 200 Å². The van der Waals surface area contributed by atoms with E-state index in [-0.39, 0.29) is 0 Å². The van der Waals surface area contributed by atoms with E-state index >= 15 is 0 Å². The van der Waals surface area contributed by atoms with Crippen LogP contribution in [0, 0.1) is 11.3 Å². The van der Waals surface area contributed by atoms with Crippen molar-refractivity contribution in [3.8, 4) is 73.6 Å². The van der Waals surface area contributed by atoms with Gasteiger partial charge in [-0.3, -0.25) is 0 Å². The van der Waals surface area contributed by atoms with Crippen LogP contribution in [0.4, 0.5) is 0 Å². The molecular formula is C52H32N4SSi. The van der Waals surface area contributed by atoms with Crippen LogP contribution in [0.15, 0.2) is 204 Å². The fourth-order valence-corrected chi connectivity index (χ4v) is 16.3. The lowest BCUT2D eigenvalue weighted by Gasteiger charge is -2.37. The van der Waals surface area contributed by atoms with Crippen LogP contribution >= 0.6 is 11.8 Å². The number of hydrogen-bond acceptors (Lipinski definition) is 5. The van der Waals surface area contributed by atoms with Gasteiger partial charge in [0.15, 0.2) is 25.5 Å². The van der Waals surface area contributed by atoms with Crippen molar-refractivity contribution in [1.29, 1.82) is 5.26 Å². The Balaban J connectivity index is 1.08. The van der Waals surface area contributed by atoms with Gasteiger partial charge in [0, 0.05) is 26.5 Å². The molecule has 8 aromatic carbocycles. The number of hydrogen-bond donors (Lipinski definition) is 0. The fourth-order valence-electron chi connectivity index (χ4n) is 8.89. The number of aromatic nitrogens is 3. The van der Waals surface area contributed by atoms with Crippen LogP contribution in [0.1, 0.15) is 5.56 Å². The molecule has 0 unspecified atom stereocenters. The maximum absolute atomic E-state index is 9.34. The molecule has 0 aliphatic carbocycles. The van der Waals surface area contributed by atoms with E-state index in [0.717, 1.165) is 33.4 Å². The van der Waals surface area contributed by atoms with Crippen LogP contribution in [0.25, 0.3) is 67.5 Å². The molecule has 1 aromatic heterocycles. The molecule has 2 aliphatic heterocycles. The maximum Gasteiger partial charge on any atom is 0.183 e. The Morgan fingerprint density at radius 2 is 0.862 bits per heavy atom. The Labute approximate surface area is 342 Å². The molecule has 3 heterocycles. The van der Waals surface area contributed by atoms with Gasteiger partial charge in [-0.1, -0.05) is 169 Å². The first kappa shape index (κ1) is 34.1. The Kier molecular flexibility index (Phi) is 8.11. The summed E-state index contributed by atoms with van der Waals surface area (Å²) in [5.74, 6) is 1.82. The lowest BCUT2D eigenvalue weighted by Crippen LogP contribution is -2.74. The molecule has 0 fully saturated rings. The second-order valence-corrected chi connectivity index (χ2v) is 19.4. The van der Waals surface area contributed by atoms with Gasteiger partial charge in [-0.05, 0) is 90.5 Å². The lowest BCUT2D eigenvalue weighted by atomic mass is 9.93. The molecule has 4 nitrogen and oxygen atoms in total. The topological polar surface area (TPSA) is 62.5 Å². The van der Waals surface area contributed by atoms with Gasteiger partial charge in [0.1, 0.15) is 0 Å². The minimum atomic E-state index is -2.64. The van der Waals surface area contributed by atoms with Gasteiger partial charge in [0.25, 0.3) is 0 Å². The van der Waals surface area contributed by atoms with E-state index in [9.17, 15) is 5.26 Å². The summed E-state index contributed by atoms with van der Waals surface area (Å²) in [6.07, 6.45) is 0. The van der Waals surface area contributed by atoms with Gasteiger partial charge in [-0.25, -0.2) is 15.0 Å². The Bertz CT molecular complexity index is 3070. The zero-order valence-corrected chi connectivity index (χ0v) is 33.0. The summed E-state index contributed by atoms with van der Waals surface area (Å²) in [5.41, 5.74) is 10.4. The highest BCUT2D eigenvalue weighted by molar-refractivity contribution is 8.00. The number of benzene rings is 8. The smallest absolute Gasteiger partial charge is 0.183 e. The molecule has 2 aliphatic rings. The number of nitriles is 1. The van der Waals surface area contributed by atoms with E-state index in [0.29, 0.717) is 23.0 Å². The van der Waals surface area contributed by atoms with Crippen molar-refractivity contribution in [3.63, 3.8) is 0 Å². The Morgan fingerprint density at radius 1 is 0.379 bits per heavy atom. The van der Waals surface area contributed by atoms with E-state index in [1.54, 1.807) is 0 Å². The van der Waals surface area contributed by atoms with Crippen LogP contribution in [-0.2, 0) is 0 Å². The third-order valence-electron chi connectivity index (χ3n) is 11.4. The highest BCUT2D eigenvalue weighted by atomic mass is 32.2. The van der Waals surface area contributed by atoms with Crippen molar-refractivity contribution in [1.82, 2.24) is 15.0 Å². The Hall–Kier alpha value is -7.17. The number of rotatable bonds is 5. The van der Waals surface area contributed by atoms with E-state index < -0.39 is 8.07 Å². The van der Waals surface area contributed by atoms with Gasteiger partial charge in [-0.15, -0.1) is 0 Å². The van der Waals surface area contributed by atoms with Crippen molar-refractivity contribution < 1.29 is 0 Å². The summed E-state index contributed by atoms with van der Waals surface area (Å²) in [4.78, 5) is 18.0. The van der Waals surface area contributed by atoms with Gasteiger partial charge in [0.2, 0.25) is 0 Å². The molecule has 0 N–H and O–H groups in total. The van der Waals surface area contributed by atoms with Gasteiger partial charge in [0.05, 0.1) is 11.6 Å². The molecule has 9 aromatic rings. The molecular weight excluding hydrogens is 741 g/mol. The van der Waals surface area contributed by atoms with Crippen LogP contribution in [-0.4, -0.2) is 23.0 Å². The van der Waals surface area contributed by atoms with E-state index in [4.69, 9.17) is 15.0 Å². The second-order valence-electron chi connectivity index (χ2n) is 14.6. The zero-order valence-electron chi connectivity index (χ0n) is 31.2. The molecule has 0 saturated heterocycles. The fraction of sp³-hybridized carbons (Fsp3) is 0. The monoisotopic (exact) mass is 772 g/mol. The van der Waals surface area contributed by atoms with E-state index in [2.05, 4.69) is 133 Å². The van der Waals surface area contributed by atoms with Gasteiger partial charge in [-0.2, -0.15) is 5.26 Å². The minimum Gasteiger partial charge on any atom is -0.208 e. The van der Waals surface area contributed by atoms with Gasteiger partial charge < -0.3 is 0 Å². The minimum absolute atomic E-state index is 0.597. The van der Waals surface area contributed by atoms with Crippen LogP contribution in [0.5, 0.6) is 0 Å². The zero-order chi connectivity index (χ0) is 38.6. The standard InChI is InChI=1S/C52H32N4SSi/c53-33-34-27-29-35(30-28-34)37-15-10-17-39(31-37)51-54-50(36-13-2-1-3-14-36)55-52(56-51)40-18-11-16-38(32-40)41-20-12-26-48-49(41)42-19-4-7-23-45(42)58(48)46-24-8-5-21-43(46)57-44-22-6-9-25-47(44)58/h1-32H. The molecule has 0 bridgehead atoms. The third kappa shape index (κ3) is 5.40. The number of fused-ring (bicyclic) bond motifs is 9. The summed E-state index contributed by atoms with van der Waals surface area (Å²) in [5, 5.41) is 15.2.